The maximum Gasteiger partial charge on any atom is 0.459 e. The average Bonchev–Trinajstić information content (AvgIpc) is 3.44. The number of carboxylic acid groups (broad SMARTS) is 1. The normalized spacial score (nSPS) is 20.0. The summed E-state index contributed by atoms with van der Waals surface area (Å²) in [5.74, 6) is -0.177. The van der Waals surface area contributed by atoms with Gasteiger partial charge < -0.3 is 24.8 Å². The summed E-state index contributed by atoms with van der Waals surface area (Å²) in [5, 5.41) is 11.7. The number of benzene rings is 1. The van der Waals surface area contributed by atoms with E-state index in [2.05, 4.69) is 20.0 Å². The van der Waals surface area contributed by atoms with Crippen molar-refractivity contribution in [2.24, 2.45) is 5.92 Å². The van der Waals surface area contributed by atoms with Crippen LogP contribution in [0.25, 0.3) is 11.2 Å². The van der Waals surface area contributed by atoms with E-state index in [9.17, 15) is 14.5 Å². The van der Waals surface area contributed by atoms with Crippen molar-refractivity contribution in [3.05, 3.63) is 48.8 Å². The lowest BCUT2D eigenvalue weighted by Gasteiger charge is -2.23. The lowest BCUT2D eigenvalue weighted by molar-refractivity contribution is -0.138. The highest BCUT2D eigenvalue weighted by Crippen LogP contribution is 2.46. The number of rotatable bonds is 10. The topological polar surface area (TPSA) is 158 Å². The molecule has 0 spiro atoms. The first kappa shape index (κ1) is 24.6. The Morgan fingerprint density at radius 1 is 1.31 bits per heavy atom. The van der Waals surface area contributed by atoms with Crippen molar-refractivity contribution in [1.29, 1.82) is 0 Å². The number of nitrogens with zero attached hydrogens (tertiary/aromatic N) is 5. The maximum atomic E-state index is 13.4. The SMILES string of the molecule is CC(N[P@](=O)(OC[C@@H]1C=C[C@H](n2cnc3c(N(C)C)nc(N)nc32)C1)Oc1ccccc1)C(=O)O. The minimum absolute atomic E-state index is 0.0587. The summed E-state index contributed by atoms with van der Waals surface area (Å²) in [4.78, 5) is 26.3. The second-order valence-corrected chi connectivity index (χ2v) is 10.2. The number of nitrogens with two attached hydrogens (primary N) is 1. The number of aromatic nitrogens is 4. The van der Waals surface area contributed by atoms with Gasteiger partial charge in [-0.15, -0.1) is 0 Å². The number of allylic oxidation sites excluding steroid dienone is 1. The number of nitrogen functional groups attached to an aromatic ring is 1. The van der Waals surface area contributed by atoms with E-state index in [1.165, 1.54) is 6.92 Å². The third kappa shape index (κ3) is 5.61. The number of carbonyl (C=O) groups is 1. The Morgan fingerprint density at radius 3 is 2.74 bits per heavy atom. The molecule has 2 aromatic heterocycles. The van der Waals surface area contributed by atoms with Crippen LogP contribution in [0.15, 0.2) is 48.8 Å². The Balaban J connectivity index is 1.47. The molecule has 4 N–H and O–H groups in total. The molecule has 12 nitrogen and oxygen atoms in total. The molecule has 4 atom stereocenters. The number of aliphatic carboxylic acids is 1. The molecule has 4 rings (SSSR count). The van der Waals surface area contributed by atoms with Crippen molar-refractivity contribution in [2.75, 3.05) is 31.3 Å². The standard InChI is InChI=1S/C22H28N7O5P/c1-14(21(30)31)27-35(32,34-17-7-5-4-6-8-17)33-12-15-9-10-16(11-15)29-13-24-18-19(28(2)3)25-22(23)26-20(18)29/h4-10,13-16H,11-12H2,1-3H3,(H,27,32)(H,30,31)(H2,23,25,26)/t14?,15-,16+,35+/m1/s1. The molecule has 3 aromatic rings. The van der Waals surface area contributed by atoms with E-state index in [-0.39, 0.29) is 24.5 Å². The van der Waals surface area contributed by atoms with Gasteiger partial charge in [-0.1, -0.05) is 30.4 Å². The summed E-state index contributed by atoms with van der Waals surface area (Å²) in [6.45, 7) is 1.43. The smallest absolute Gasteiger partial charge is 0.459 e. The molecule has 2 heterocycles. The molecule has 1 aromatic carbocycles. The molecular weight excluding hydrogens is 473 g/mol. The summed E-state index contributed by atoms with van der Waals surface area (Å²) in [6, 6.07) is 7.26. The van der Waals surface area contributed by atoms with Crippen LogP contribution in [0, 0.1) is 5.92 Å². The van der Waals surface area contributed by atoms with Gasteiger partial charge in [0.1, 0.15) is 11.8 Å². The molecule has 35 heavy (non-hydrogen) atoms. The van der Waals surface area contributed by atoms with Gasteiger partial charge in [0.25, 0.3) is 0 Å². The van der Waals surface area contributed by atoms with Gasteiger partial charge in [0.2, 0.25) is 5.95 Å². The average molecular weight is 501 g/mol. The molecular formula is C22H28N7O5P. The predicted octanol–water partition coefficient (Wildman–Crippen LogP) is 2.86. The Morgan fingerprint density at radius 2 is 2.06 bits per heavy atom. The van der Waals surface area contributed by atoms with E-state index in [1.807, 2.05) is 35.7 Å². The minimum atomic E-state index is -3.97. The molecule has 0 fully saturated rings. The highest BCUT2D eigenvalue weighted by Gasteiger charge is 2.33. The minimum Gasteiger partial charge on any atom is -0.480 e. The van der Waals surface area contributed by atoms with Crippen molar-refractivity contribution in [1.82, 2.24) is 24.6 Å². The van der Waals surface area contributed by atoms with Crippen LogP contribution in [-0.4, -0.2) is 57.3 Å². The summed E-state index contributed by atoms with van der Waals surface area (Å²) in [6.07, 6.45) is 6.29. The van der Waals surface area contributed by atoms with Crippen LogP contribution < -0.4 is 20.2 Å². The van der Waals surface area contributed by atoms with Crippen LogP contribution in [0.3, 0.4) is 0 Å². The van der Waals surface area contributed by atoms with Crippen molar-refractivity contribution in [3.8, 4) is 5.75 Å². The van der Waals surface area contributed by atoms with E-state index in [1.54, 1.807) is 36.7 Å². The Bertz CT molecular complexity index is 1280. The van der Waals surface area contributed by atoms with Crippen LogP contribution in [0.2, 0.25) is 0 Å². The molecule has 0 bridgehead atoms. The lowest BCUT2D eigenvalue weighted by Crippen LogP contribution is -2.33. The second-order valence-electron chi connectivity index (χ2n) is 8.46. The number of hydrogen-bond acceptors (Lipinski definition) is 9. The van der Waals surface area contributed by atoms with Gasteiger partial charge in [0, 0.05) is 20.0 Å². The molecule has 1 aliphatic carbocycles. The molecule has 1 unspecified atom stereocenters. The number of imidazole rings is 1. The third-order valence-corrected chi connectivity index (χ3v) is 7.14. The van der Waals surface area contributed by atoms with Crippen LogP contribution in [0.4, 0.5) is 11.8 Å². The zero-order valence-corrected chi connectivity index (χ0v) is 20.5. The number of nitrogens with one attached hydrogen (secondary N) is 1. The fourth-order valence-electron chi connectivity index (χ4n) is 3.75. The largest absolute Gasteiger partial charge is 0.480 e. The molecule has 0 aliphatic heterocycles. The van der Waals surface area contributed by atoms with Gasteiger partial charge in [-0.05, 0) is 25.5 Å². The lowest BCUT2D eigenvalue weighted by atomic mass is 10.1. The van der Waals surface area contributed by atoms with E-state index in [4.69, 9.17) is 14.8 Å². The van der Waals surface area contributed by atoms with Gasteiger partial charge in [0.15, 0.2) is 17.0 Å². The molecule has 0 saturated carbocycles. The van der Waals surface area contributed by atoms with E-state index < -0.39 is 19.8 Å². The predicted molar refractivity (Wildman–Crippen MR) is 131 cm³/mol. The van der Waals surface area contributed by atoms with Gasteiger partial charge in [-0.25, -0.2) is 9.55 Å². The molecule has 0 saturated heterocycles. The molecule has 0 amide bonds. The number of fused-ring (bicyclic) bond motifs is 1. The fraction of sp³-hybridized carbons (Fsp3) is 0.364. The summed E-state index contributed by atoms with van der Waals surface area (Å²) >= 11 is 0. The third-order valence-electron chi connectivity index (χ3n) is 5.50. The first-order valence-electron chi connectivity index (χ1n) is 11.0. The molecule has 0 radical (unpaired) electrons. The van der Waals surface area contributed by atoms with Crippen LogP contribution in [0.5, 0.6) is 5.75 Å². The van der Waals surface area contributed by atoms with Crippen molar-refractivity contribution < 1.29 is 23.5 Å². The summed E-state index contributed by atoms with van der Waals surface area (Å²) in [5.41, 5.74) is 7.18. The zero-order chi connectivity index (χ0) is 25.2. The van der Waals surface area contributed by atoms with Gasteiger partial charge in [-0.2, -0.15) is 15.1 Å². The number of para-hydroxylation sites is 1. The summed E-state index contributed by atoms with van der Waals surface area (Å²) in [7, 11) is -0.255. The Labute approximate surface area is 202 Å². The monoisotopic (exact) mass is 501 g/mol. The van der Waals surface area contributed by atoms with E-state index in [0.717, 1.165) is 0 Å². The molecule has 1 aliphatic rings. The number of carboxylic acids is 1. The van der Waals surface area contributed by atoms with E-state index >= 15 is 0 Å². The quantitative estimate of drug-likeness (QED) is 0.277. The summed E-state index contributed by atoms with van der Waals surface area (Å²) < 4.78 is 26.6. The Hall–Kier alpha value is -3.47. The molecule has 186 valence electrons. The van der Waals surface area contributed by atoms with Crippen molar-refractivity contribution >= 4 is 36.6 Å². The maximum absolute atomic E-state index is 13.4. The molecule has 13 heteroatoms. The van der Waals surface area contributed by atoms with Crippen molar-refractivity contribution in [2.45, 2.75) is 25.4 Å². The fourth-order valence-corrected chi connectivity index (χ4v) is 5.30. The van der Waals surface area contributed by atoms with Crippen molar-refractivity contribution in [3.63, 3.8) is 0 Å². The first-order chi connectivity index (χ1) is 16.6. The van der Waals surface area contributed by atoms with Crippen LogP contribution >= 0.6 is 7.75 Å². The van der Waals surface area contributed by atoms with Crippen LogP contribution in [0.1, 0.15) is 19.4 Å². The van der Waals surface area contributed by atoms with Gasteiger partial charge in [-0.3, -0.25) is 9.32 Å². The first-order valence-corrected chi connectivity index (χ1v) is 12.5. The highest BCUT2D eigenvalue weighted by molar-refractivity contribution is 7.52. The zero-order valence-electron chi connectivity index (χ0n) is 19.6. The Kier molecular flexibility index (Phi) is 7.06. The second kappa shape index (κ2) is 10.0. The number of anilines is 2. The highest BCUT2D eigenvalue weighted by atomic mass is 31.2. The van der Waals surface area contributed by atoms with E-state index in [0.29, 0.717) is 29.2 Å². The van der Waals surface area contributed by atoms with Gasteiger partial charge in [0.05, 0.1) is 19.0 Å². The van der Waals surface area contributed by atoms with Gasteiger partial charge >= 0.3 is 13.7 Å². The van der Waals surface area contributed by atoms with Crippen LogP contribution in [-0.2, 0) is 13.9 Å². The number of hydrogen-bond donors (Lipinski definition) is 3.